The lowest BCUT2D eigenvalue weighted by atomic mass is 10.1. The number of carbonyl (C=O) groups excluding carboxylic acids is 2. The van der Waals surface area contributed by atoms with Gasteiger partial charge in [-0.25, -0.2) is 9.59 Å². The molecule has 0 aliphatic carbocycles. The molecule has 158 valence electrons. The molecule has 2 N–H and O–H groups in total. The minimum absolute atomic E-state index is 0.242. The first-order valence-corrected chi connectivity index (χ1v) is 9.94. The summed E-state index contributed by atoms with van der Waals surface area (Å²) in [4.78, 5) is 26.6. The fraction of sp³-hybridized carbons (Fsp3) is 0.304. The maximum Gasteiger partial charge on any atom is 0.407 e. The molecule has 2 aromatic carbocycles. The number of alkyl carbamates (subject to hydrolysis) is 1. The third kappa shape index (κ3) is 5.76. The Hall–Kier alpha value is -3.48. The van der Waals surface area contributed by atoms with E-state index in [1.807, 2.05) is 54.7 Å². The van der Waals surface area contributed by atoms with Crippen molar-refractivity contribution >= 4 is 23.0 Å². The zero-order valence-electron chi connectivity index (χ0n) is 17.1. The monoisotopic (exact) mass is 410 g/mol. The summed E-state index contributed by atoms with van der Waals surface area (Å²) in [5.74, 6) is 0.218. The Morgan fingerprint density at radius 2 is 1.93 bits per heavy atom. The number of carbonyl (C=O) groups is 2. The molecular weight excluding hydrogens is 384 g/mol. The van der Waals surface area contributed by atoms with Crippen LogP contribution in [0.3, 0.4) is 0 Å². The molecule has 1 amide bonds. The van der Waals surface area contributed by atoms with E-state index in [0.29, 0.717) is 19.6 Å². The normalized spacial score (nSPS) is 11.7. The average Bonchev–Trinajstić information content (AvgIpc) is 3.15. The number of benzene rings is 2. The number of aromatic nitrogens is 1. The van der Waals surface area contributed by atoms with Gasteiger partial charge in [-0.05, 0) is 49.6 Å². The number of H-pyrrole nitrogens is 1. The van der Waals surface area contributed by atoms with Gasteiger partial charge < -0.3 is 24.5 Å². The van der Waals surface area contributed by atoms with Crippen molar-refractivity contribution in [3.63, 3.8) is 0 Å². The predicted molar refractivity (Wildman–Crippen MR) is 113 cm³/mol. The number of rotatable bonds is 9. The van der Waals surface area contributed by atoms with Gasteiger partial charge >= 0.3 is 12.1 Å². The van der Waals surface area contributed by atoms with Crippen LogP contribution in [-0.4, -0.2) is 36.3 Å². The number of ether oxygens (including phenoxy) is 3. The minimum Gasteiger partial charge on any atom is -0.489 e. The molecule has 0 bridgehead atoms. The zero-order valence-corrected chi connectivity index (χ0v) is 17.1. The molecule has 1 heterocycles. The van der Waals surface area contributed by atoms with Gasteiger partial charge in [-0.1, -0.05) is 30.3 Å². The number of esters is 1. The highest BCUT2D eigenvalue weighted by Gasteiger charge is 2.18. The second-order valence-electron chi connectivity index (χ2n) is 6.77. The van der Waals surface area contributed by atoms with Crippen LogP contribution >= 0.6 is 0 Å². The topological polar surface area (TPSA) is 89.6 Å². The molecule has 0 spiro atoms. The van der Waals surface area contributed by atoms with Crippen LogP contribution in [0.15, 0.2) is 54.7 Å². The Kier molecular flexibility index (Phi) is 7.32. The van der Waals surface area contributed by atoms with Gasteiger partial charge in [0.05, 0.1) is 6.61 Å². The first kappa shape index (κ1) is 21.2. The number of hydrogen-bond donors (Lipinski definition) is 2. The first-order valence-electron chi connectivity index (χ1n) is 9.94. The van der Waals surface area contributed by atoms with Crippen LogP contribution in [0.5, 0.6) is 5.75 Å². The van der Waals surface area contributed by atoms with E-state index in [1.54, 1.807) is 6.92 Å². The second-order valence-corrected chi connectivity index (χ2v) is 6.77. The third-order valence-electron chi connectivity index (χ3n) is 4.55. The van der Waals surface area contributed by atoms with Gasteiger partial charge in [0.15, 0.2) is 6.10 Å². The van der Waals surface area contributed by atoms with E-state index in [4.69, 9.17) is 14.2 Å². The molecule has 0 radical (unpaired) electrons. The van der Waals surface area contributed by atoms with E-state index >= 15 is 0 Å². The minimum atomic E-state index is -0.942. The van der Waals surface area contributed by atoms with E-state index in [-0.39, 0.29) is 6.61 Å². The van der Waals surface area contributed by atoms with E-state index in [1.165, 1.54) is 6.92 Å². The second kappa shape index (κ2) is 10.3. The van der Waals surface area contributed by atoms with E-state index in [9.17, 15) is 9.59 Å². The smallest absolute Gasteiger partial charge is 0.407 e. The van der Waals surface area contributed by atoms with Crippen LogP contribution in [0.4, 0.5) is 4.79 Å². The molecule has 3 rings (SSSR count). The Morgan fingerprint density at radius 3 is 2.70 bits per heavy atom. The lowest BCUT2D eigenvalue weighted by molar-refractivity contribution is -0.152. The molecule has 1 aromatic heterocycles. The number of fused-ring (bicyclic) bond motifs is 1. The SMILES string of the molecule is CCOC(=O)C(C)OC(=O)NCCc1c[nH]c2ccc(OCc3ccccc3)cc12. The Labute approximate surface area is 175 Å². The van der Waals surface area contributed by atoms with Crippen molar-refractivity contribution in [1.29, 1.82) is 0 Å². The average molecular weight is 410 g/mol. The van der Waals surface area contributed by atoms with E-state index < -0.39 is 18.2 Å². The van der Waals surface area contributed by atoms with Gasteiger partial charge in [-0.15, -0.1) is 0 Å². The Balaban J connectivity index is 1.53. The van der Waals surface area contributed by atoms with Crippen LogP contribution in [-0.2, 0) is 27.3 Å². The first-order chi connectivity index (χ1) is 14.6. The van der Waals surface area contributed by atoms with Crippen molar-refractivity contribution in [1.82, 2.24) is 10.3 Å². The van der Waals surface area contributed by atoms with Crippen LogP contribution in [0.1, 0.15) is 25.0 Å². The Morgan fingerprint density at radius 1 is 1.13 bits per heavy atom. The van der Waals surface area contributed by atoms with Gasteiger partial charge in [-0.3, -0.25) is 0 Å². The summed E-state index contributed by atoms with van der Waals surface area (Å²) in [5, 5.41) is 3.70. The number of nitrogens with one attached hydrogen (secondary N) is 2. The molecule has 3 aromatic rings. The van der Waals surface area contributed by atoms with Gasteiger partial charge in [0.1, 0.15) is 12.4 Å². The molecule has 7 heteroatoms. The van der Waals surface area contributed by atoms with Crippen molar-refractivity contribution in [2.75, 3.05) is 13.2 Å². The lowest BCUT2D eigenvalue weighted by Gasteiger charge is -2.12. The highest BCUT2D eigenvalue weighted by atomic mass is 16.6. The third-order valence-corrected chi connectivity index (χ3v) is 4.55. The zero-order chi connectivity index (χ0) is 21.3. The van der Waals surface area contributed by atoms with E-state index in [0.717, 1.165) is 27.8 Å². The summed E-state index contributed by atoms with van der Waals surface area (Å²) >= 11 is 0. The van der Waals surface area contributed by atoms with Crippen molar-refractivity contribution < 1.29 is 23.8 Å². The quantitative estimate of drug-likeness (QED) is 0.521. The van der Waals surface area contributed by atoms with Crippen molar-refractivity contribution in [3.05, 3.63) is 65.9 Å². The highest BCUT2D eigenvalue weighted by molar-refractivity contribution is 5.84. The molecule has 0 saturated heterocycles. The van der Waals surface area contributed by atoms with Crippen LogP contribution in [0, 0.1) is 0 Å². The van der Waals surface area contributed by atoms with Crippen LogP contribution in [0.2, 0.25) is 0 Å². The lowest BCUT2D eigenvalue weighted by Crippen LogP contribution is -2.33. The van der Waals surface area contributed by atoms with Gasteiger partial charge in [0.2, 0.25) is 0 Å². The summed E-state index contributed by atoms with van der Waals surface area (Å²) in [6.07, 6.45) is 0.926. The maximum atomic E-state index is 11.9. The maximum absolute atomic E-state index is 11.9. The predicted octanol–water partition coefficient (Wildman–Crippen LogP) is 3.97. The molecule has 1 atom stereocenters. The molecule has 0 saturated carbocycles. The van der Waals surface area contributed by atoms with Crippen molar-refractivity contribution in [3.8, 4) is 5.75 Å². The van der Waals surface area contributed by atoms with Gasteiger partial charge in [0.25, 0.3) is 0 Å². The Bertz CT molecular complexity index is 984. The van der Waals surface area contributed by atoms with Gasteiger partial charge in [-0.2, -0.15) is 0 Å². The number of hydrogen-bond acceptors (Lipinski definition) is 5. The summed E-state index contributed by atoms with van der Waals surface area (Å²) in [6.45, 7) is 4.29. The molecule has 7 nitrogen and oxygen atoms in total. The summed E-state index contributed by atoms with van der Waals surface area (Å²) < 4.78 is 15.7. The molecule has 30 heavy (non-hydrogen) atoms. The standard InChI is InChI=1S/C23H26N2O5/c1-3-28-22(26)16(2)30-23(27)24-12-11-18-14-25-21-10-9-19(13-20(18)21)29-15-17-7-5-4-6-8-17/h4-10,13-14,16,25H,3,11-12,15H2,1-2H3,(H,24,27). The largest absolute Gasteiger partial charge is 0.489 e. The molecule has 0 aliphatic rings. The molecule has 1 unspecified atom stereocenters. The van der Waals surface area contributed by atoms with Gasteiger partial charge in [0, 0.05) is 23.6 Å². The molecule has 0 aliphatic heterocycles. The fourth-order valence-corrected chi connectivity index (χ4v) is 3.00. The molecular formula is C23H26N2O5. The number of aromatic amines is 1. The van der Waals surface area contributed by atoms with E-state index in [2.05, 4.69) is 10.3 Å². The van der Waals surface area contributed by atoms with Crippen molar-refractivity contribution in [2.24, 2.45) is 0 Å². The highest BCUT2D eigenvalue weighted by Crippen LogP contribution is 2.24. The molecule has 0 fully saturated rings. The number of amides is 1. The van der Waals surface area contributed by atoms with Crippen molar-refractivity contribution in [2.45, 2.75) is 33.0 Å². The summed E-state index contributed by atoms with van der Waals surface area (Å²) in [7, 11) is 0. The summed E-state index contributed by atoms with van der Waals surface area (Å²) in [6, 6.07) is 15.9. The fourth-order valence-electron chi connectivity index (χ4n) is 3.00. The summed E-state index contributed by atoms with van der Waals surface area (Å²) in [5.41, 5.74) is 3.15. The van der Waals surface area contributed by atoms with Crippen LogP contribution in [0.25, 0.3) is 10.9 Å². The van der Waals surface area contributed by atoms with Crippen LogP contribution < -0.4 is 10.1 Å².